The fourth-order valence-electron chi connectivity index (χ4n) is 1.72. The standard InChI is InChI=1S/C14H12BrN3O3/c1-8-2-3-9(18(19)20)6-13(8)21-10-4-5-11(14(16)17)12(15)7-10/h2-7H,1H3,(H3,16,17). The molecule has 0 amide bonds. The molecule has 0 heterocycles. The van der Waals surface area contributed by atoms with Crippen LogP contribution in [0.2, 0.25) is 0 Å². The lowest BCUT2D eigenvalue weighted by atomic mass is 10.2. The molecule has 0 saturated heterocycles. The number of rotatable bonds is 4. The van der Waals surface area contributed by atoms with Gasteiger partial charge in [-0.1, -0.05) is 0 Å². The Morgan fingerprint density at radius 2 is 2.05 bits per heavy atom. The number of non-ortho nitro benzene ring substituents is 1. The molecule has 2 rings (SSSR count). The molecule has 0 atom stereocenters. The summed E-state index contributed by atoms with van der Waals surface area (Å²) in [4.78, 5) is 10.3. The van der Waals surface area contributed by atoms with Gasteiger partial charge in [-0.25, -0.2) is 0 Å². The lowest BCUT2D eigenvalue weighted by Crippen LogP contribution is -2.11. The molecule has 0 aliphatic rings. The molecular formula is C14H12BrN3O3. The van der Waals surface area contributed by atoms with Gasteiger partial charge < -0.3 is 10.5 Å². The number of nitrogens with two attached hydrogens (primary N) is 1. The average molecular weight is 350 g/mol. The van der Waals surface area contributed by atoms with E-state index in [4.69, 9.17) is 15.9 Å². The first-order valence-electron chi connectivity index (χ1n) is 5.95. The number of nitro groups is 1. The highest BCUT2D eigenvalue weighted by Gasteiger charge is 2.11. The SMILES string of the molecule is Cc1ccc([N+](=O)[O-])cc1Oc1ccc(C(=N)N)c(Br)c1. The molecule has 0 aliphatic heterocycles. The summed E-state index contributed by atoms with van der Waals surface area (Å²) in [6.45, 7) is 1.80. The van der Waals surface area contributed by atoms with E-state index in [0.717, 1.165) is 5.56 Å². The van der Waals surface area contributed by atoms with Crippen LogP contribution in [0.15, 0.2) is 40.9 Å². The second-order valence-electron chi connectivity index (χ2n) is 4.36. The zero-order valence-corrected chi connectivity index (χ0v) is 12.7. The van der Waals surface area contributed by atoms with E-state index in [0.29, 0.717) is 21.5 Å². The number of nitrogens with zero attached hydrogens (tertiary/aromatic N) is 1. The Labute approximate surface area is 129 Å². The van der Waals surface area contributed by atoms with Gasteiger partial charge in [0.25, 0.3) is 5.69 Å². The highest BCUT2D eigenvalue weighted by molar-refractivity contribution is 9.10. The largest absolute Gasteiger partial charge is 0.457 e. The highest BCUT2D eigenvalue weighted by Crippen LogP contribution is 2.31. The third-order valence-electron chi connectivity index (χ3n) is 2.84. The molecule has 2 aromatic carbocycles. The molecule has 0 bridgehead atoms. The van der Waals surface area contributed by atoms with Crippen molar-refractivity contribution in [3.8, 4) is 11.5 Å². The predicted molar refractivity (Wildman–Crippen MR) is 83.1 cm³/mol. The molecule has 0 saturated carbocycles. The molecular weight excluding hydrogens is 338 g/mol. The number of nitrogen functional groups attached to an aromatic ring is 1. The summed E-state index contributed by atoms with van der Waals surface area (Å²) in [5, 5.41) is 18.2. The van der Waals surface area contributed by atoms with Crippen molar-refractivity contribution in [3.05, 3.63) is 62.1 Å². The number of ether oxygens (including phenoxy) is 1. The molecule has 0 unspecified atom stereocenters. The number of hydrogen-bond acceptors (Lipinski definition) is 4. The molecule has 0 spiro atoms. The van der Waals surface area contributed by atoms with Crippen LogP contribution in [0, 0.1) is 22.4 Å². The maximum absolute atomic E-state index is 10.8. The predicted octanol–water partition coefficient (Wildman–Crippen LogP) is 3.74. The van der Waals surface area contributed by atoms with Crippen molar-refractivity contribution in [2.75, 3.05) is 0 Å². The first kappa shape index (κ1) is 15.0. The van der Waals surface area contributed by atoms with E-state index in [1.165, 1.54) is 12.1 Å². The monoisotopic (exact) mass is 349 g/mol. The molecule has 21 heavy (non-hydrogen) atoms. The van der Waals surface area contributed by atoms with Gasteiger partial charge in [-0.3, -0.25) is 15.5 Å². The summed E-state index contributed by atoms with van der Waals surface area (Å²) < 4.78 is 6.29. The number of amidine groups is 1. The Hall–Kier alpha value is -2.41. The number of halogens is 1. The van der Waals surface area contributed by atoms with Crippen molar-refractivity contribution in [2.45, 2.75) is 6.92 Å². The van der Waals surface area contributed by atoms with E-state index in [1.807, 2.05) is 0 Å². The quantitative estimate of drug-likeness (QED) is 0.379. The minimum Gasteiger partial charge on any atom is -0.457 e. The van der Waals surface area contributed by atoms with Crippen LogP contribution in [0.25, 0.3) is 0 Å². The molecule has 0 radical (unpaired) electrons. The number of hydrogen-bond donors (Lipinski definition) is 2. The van der Waals surface area contributed by atoms with Crippen LogP contribution in [-0.2, 0) is 0 Å². The lowest BCUT2D eigenvalue weighted by molar-refractivity contribution is -0.384. The van der Waals surface area contributed by atoms with Gasteiger partial charge in [0.1, 0.15) is 17.3 Å². The number of nitrogens with one attached hydrogen (secondary N) is 1. The van der Waals surface area contributed by atoms with Crippen molar-refractivity contribution < 1.29 is 9.66 Å². The van der Waals surface area contributed by atoms with E-state index in [1.54, 1.807) is 31.2 Å². The summed E-state index contributed by atoms with van der Waals surface area (Å²) in [5.41, 5.74) is 6.74. The first-order valence-corrected chi connectivity index (χ1v) is 6.74. The van der Waals surface area contributed by atoms with E-state index in [2.05, 4.69) is 15.9 Å². The van der Waals surface area contributed by atoms with Gasteiger partial charge >= 0.3 is 0 Å². The van der Waals surface area contributed by atoms with E-state index in [9.17, 15) is 10.1 Å². The lowest BCUT2D eigenvalue weighted by Gasteiger charge is -2.10. The smallest absolute Gasteiger partial charge is 0.273 e. The summed E-state index contributed by atoms with van der Waals surface area (Å²) in [5.74, 6) is 0.849. The second-order valence-corrected chi connectivity index (χ2v) is 5.22. The van der Waals surface area contributed by atoms with Crippen LogP contribution in [0.1, 0.15) is 11.1 Å². The van der Waals surface area contributed by atoms with Gasteiger partial charge in [-0.2, -0.15) is 0 Å². The third kappa shape index (κ3) is 3.38. The molecule has 3 N–H and O–H groups in total. The zero-order chi connectivity index (χ0) is 15.6. The van der Waals surface area contributed by atoms with E-state index < -0.39 is 4.92 Å². The van der Waals surface area contributed by atoms with E-state index >= 15 is 0 Å². The Bertz CT molecular complexity index is 731. The molecule has 6 nitrogen and oxygen atoms in total. The van der Waals surface area contributed by atoms with Gasteiger partial charge in [-0.15, -0.1) is 0 Å². The number of aryl methyl sites for hydroxylation is 1. The zero-order valence-electron chi connectivity index (χ0n) is 11.1. The first-order chi connectivity index (χ1) is 9.88. The Morgan fingerprint density at radius 1 is 1.33 bits per heavy atom. The van der Waals surface area contributed by atoms with Crippen molar-refractivity contribution in [2.24, 2.45) is 5.73 Å². The van der Waals surface area contributed by atoms with Gasteiger partial charge in [0.05, 0.1) is 11.0 Å². The summed E-state index contributed by atoms with van der Waals surface area (Å²) in [7, 11) is 0. The highest BCUT2D eigenvalue weighted by atomic mass is 79.9. The Balaban J connectivity index is 2.34. The summed E-state index contributed by atoms with van der Waals surface area (Å²) in [6.07, 6.45) is 0. The number of nitro benzene ring substituents is 1. The van der Waals surface area contributed by atoms with Crippen LogP contribution < -0.4 is 10.5 Å². The minimum atomic E-state index is -0.471. The third-order valence-corrected chi connectivity index (χ3v) is 3.50. The van der Waals surface area contributed by atoms with Crippen molar-refractivity contribution in [3.63, 3.8) is 0 Å². The molecule has 0 aromatic heterocycles. The van der Waals surface area contributed by atoms with Crippen molar-refractivity contribution in [1.82, 2.24) is 0 Å². The van der Waals surface area contributed by atoms with Gasteiger partial charge in [0.15, 0.2) is 0 Å². The summed E-state index contributed by atoms with van der Waals surface area (Å²) in [6, 6.07) is 9.40. The fraction of sp³-hybridized carbons (Fsp3) is 0.0714. The minimum absolute atomic E-state index is 0.0324. The van der Waals surface area contributed by atoms with Crippen molar-refractivity contribution >= 4 is 27.5 Å². The Kier molecular flexibility index (Phi) is 4.23. The van der Waals surface area contributed by atoms with Crippen LogP contribution in [0.3, 0.4) is 0 Å². The molecule has 7 heteroatoms. The Morgan fingerprint density at radius 3 is 2.62 bits per heavy atom. The fourth-order valence-corrected chi connectivity index (χ4v) is 2.29. The van der Waals surface area contributed by atoms with Gasteiger partial charge in [0, 0.05) is 16.1 Å². The normalized spacial score (nSPS) is 10.2. The number of benzene rings is 2. The van der Waals surface area contributed by atoms with Crippen molar-refractivity contribution in [1.29, 1.82) is 5.41 Å². The molecule has 108 valence electrons. The van der Waals surface area contributed by atoms with E-state index in [-0.39, 0.29) is 11.5 Å². The second kappa shape index (κ2) is 5.92. The average Bonchev–Trinajstić information content (AvgIpc) is 2.40. The van der Waals surface area contributed by atoms with Crippen LogP contribution in [0.5, 0.6) is 11.5 Å². The van der Waals surface area contributed by atoms with Gasteiger partial charge in [-0.05, 0) is 52.7 Å². The molecule has 0 aliphatic carbocycles. The topological polar surface area (TPSA) is 102 Å². The molecule has 2 aromatic rings. The van der Waals surface area contributed by atoms with Crippen LogP contribution in [0.4, 0.5) is 5.69 Å². The van der Waals surface area contributed by atoms with Crippen LogP contribution >= 0.6 is 15.9 Å². The maximum atomic E-state index is 10.8. The molecule has 0 fully saturated rings. The maximum Gasteiger partial charge on any atom is 0.273 e. The summed E-state index contributed by atoms with van der Waals surface area (Å²) >= 11 is 3.31. The van der Waals surface area contributed by atoms with Crippen LogP contribution in [-0.4, -0.2) is 10.8 Å². The van der Waals surface area contributed by atoms with Gasteiger partial charge in [0.2, 0.25) is 0 Å².